The molecule has 0 atom stereocenters. The summed E-state index contributed by atoms with van der Waals surface area (Å²) in [6.45, 7) is 3.94. The molecule has 1 heterocycles. The summed E-state index contributed by atoms with van der Waals surface area (Å²) in [5.74, 6) is 0. The van der Waals surface area contributed by atoms with Gasteiger partial charge in [-0.2, -0.15) is 4.31 Å². The molecule has 17 heavy (non-hydrogen) atoms. The highest BCUT2D eigenvalue weighted by Crippen LogP contribution is 2.24. The van der Waals surface area contributed by atoms with E-state index < -0.39 is 10.0 Å². The zero-order valence-corrected chi connectivity index (χ0v) is 12.8. The van der Waals surface area contributed by atoms with Gasteiger partial charge in [0, 0.05) is 20.1 Å². The van der Waals surface area contributed by atoms with Crippen LogP contribution >= 0.6 is 15.9 Å². The fraction of sp³-hybridized carbons (Fsp3) is 0.778. The van der Waals surface area contributed by atoms with Crippen LogP contribution in [-0.2, 0) is 17.1 Å². The van der Waals surface area contributed by atoms with E-state index in [1.807, 2.05) is 13.8 Å². The Labute approximate surface area is 110 Å². The molecule has 0 aliphatic rings. The molecule has 0 saturated heterocycles. The first kappa shape index (κ1) is 14.6. The van der Waals surface area contributed by atoms with Crippen LogP contribution < -0.4 is 0 Å². The lowest BCUT2D eigenvalue weighted by atomic mass is 10.2. The monoisotopic (exact) mass is 324 g/mol. The highest BCUT2D eigenvalue weighted by Gasteiger charge is 2.31. The second-order valence-corrected chi connectivity index (χ2v) is 6.46. The van der Waals surface area contributed by atoms with Gasteiger partial charge in [-0.1, -0.05) is 19.1 Å². The van der Waals surface area contributed by atoms with Crippen LogP contribution in [0.5, 0.6) is 0 Å². The molecule has 6 nitrogen and oxygen atoms in total. The molecule has 0 aliphatic heterocycles. The second-order valence-electron chi connectivity index (χ2n) is 3.80. The maximum absolute atomic E-state index is 12.4. The molecule has 0 radical (unpaired) electrons. The average molecular weight is 325 g/mol. The van der Waals surface area contributed by atoms with Crippen LogP contribution in [0.2, 0.25) is 0 Å². The molecule has 0 bridgehead atoms. The molecule has 1 aromatic heterocycles. The zero-order chi connectivity index (χ0) is 13.2. The summed E-state index contributed by atoms with van der Waals surface area (Å²) in [5, 5.41) is 7.48. The molecule has 0 unspecified atom stereocenters. The summed E-state index contributed by atoms with van der Waals surface area (Å²) in [5.41, 5.74) is 0. The van der Waals surface area contributed by atoms with Crippen molar-refractivity contribution in [1.29, 1.82) is 0 Å². The minimum atomic E-state index is -3.56. The van der Waals surface area contributed by atoms with Gasteiger partial charge in [0.1, 0.15) is 0 Å². The Balaban J connectivity index is 3.20. The quantitative estimate of drug-likeness (QED) is 0.820. The van der Waals surface area contributed by atoms with E-state index in [-0.39, 0.29) is 15.7 Å². The number of hydrogen-bond donors (Lipinski definition) is 0. The van der Waals surface area contributed by atoms with Gasteiger partial charge >= 0.3 is 0 Å². The molecular weight excluding hydrogens is 308 g/mol. The number of aromatic nitrogens is 3. The second kappa shape index (κ2) is 5.45. The van der Waals surface area contributed by atoms with Gasteiger partial charge in [-0.25, -0.2) is 13.1 Å². The molecule has 8 heteroatoms. The minimum absolute atomic E-state index is 0.0122. The van der Waals surface area contributed by atoms with E-state index in [1.165, 1.54) is 8.99 Å². The van der Waals surface area contributed by atoms with Crippen molar-refractivity contribution < 1.29 is 8.42 Å². The maximum atomic E-state index is 12.4. The van der Waals surface area contributed by atoms with Gasteiger partial charge in [0.05, 0.1) is 0 Å². The molecule has 0 N–H and O–H groups in total. The number of sulfonamides is 1. The van der Waals surface area contributed by atoms with E-state index in [0.29, 0.717) is 0 Å². The molecule has 0 spiro atoms. The van der Waals surface area contributed by atoms with E-state index in [1.54, 1.807) is 14.1 Å². The van der Waals surface area contributed by atoms with Gasteiger partial charge < -0.3 is 0 Å². The van der Waals surface area contributed by atoms with Crippen LogP contribution in [0.1, 0.15) is 26.7 Å². The number of aryl methyl sites for hydroxylation is 1. The Hall–Kier alpha value is -0.470. The summed E-state index contributed by atoms with van der Waals surface area (Å²) in [6.07, 6.45) is 1.55. The van der Waals surface area contributed by atoms with Crippen molar-refractivity contribution in [3.05, 3.63) is 4.60 Å². The van der Waals surface area contributed by atoms with Crippen molar-refractivity contribution in [2.45, 2.75) is 37.8 Å². The van der Waals surface area contributed by atoms with Gasteiger partial charge in [-0.3, -0.25) is 0 Å². The first-order chi connectivity index (χ1) is 7.86. The van der Waals surface area contributed by atoms with E-state index in [2.05, 4.69) is 26.2 Å². The lowest BCUT2D eigenvalue weighted by Crippen LogP contribution is -2.37. The molecule has 1 aromatic rings. The van der Waals surface area contributed by atoms with E-state index in [9.17, 15) is 8.42 Å². The zero-order valence-electron chi connectivity index (χ0n) is 10.4. The van der Waals surface area contributed by atoms with E-state index in [0.717, 1.165) is 12.8 Å². The number of halogens is 1. The topological polar surface area (TPSA) is 68.1 Å². The van der Waals surface area contributed by atoms with Crippen molar-refractivity contribution in [1.82, 2.24) is 19.3 Å². The van der Waals surface area contributed by atoms with Crippen molar-refractivity contribution in [3.8, 4) is 0 Å². The van der Waals surface area contributed by atoms with Crippen LogP contribution in [0.15, 0.2) is 9.63 Å². The Morgan fingerprint density at radius 2 is 1.94 bits per heavy atom. The molecular formula is C9H17BrN4O2S. The van der Waals surface area contributed by atoms with E-state index in [4.69, 9.17) is 0 Å². The van der Waals surface area contributed by atoms with Crippen LogP contribution in [-0.4, -0.2) is 40.8 Å². The summed E-state index contributed by atoms with van der Waals surface area (Å²) in [6, 6.07) is -0.0122. The van der Waals surface area contributed by atoms with Crippen molar-refractivity contribution in [3.63, 3.8) is 0 Å². The van der Waals surface area contributed by atoms with Crippen LogP contribution in [0, 0.1) is 0 Å². The molecule has 0 saturated carbocycles. The molecule has 0 aromatic carbocycles. The number of hydrogen-bond acceptors (Lipinski definition) is 4. The first-order valence-corrected chi connectivity index (χ1v) is 7.62. The van der Waals surface area contributed by atoms with Crippen LogP contribution in [0.4, 0.5) is 0 Å². The fourth-order valence-corrected chi connectivity index (χ4v) is 4.26. The lowest BCUT2D eigenvalue weighted by molar-refractivity contribution is 0.346. The normalized spacial score (nSPS) is 12.6. The predicted molar refractivity (Wildman–Crippen MR) is 68.0 cm³/mol. The molecule has 0 fully saturated rings. The predicted octanol–water partition coefficient (Wildman–Crippen LogP) is 1.39. The largest absolute Gasteiger partial charge is 0.263 e. The van der Waals surface area contributed by atoms with Crippen LogP contribution in [0.25, 0.3) is 0 Å². The smallest absolute Gasteiger partial charge is 0.235 e. The molecule has 1 rings (SSSR count). The van der Waals surface area contributed by atoms with Gasteiger partial charge in [0.2, 0.25) is 5.03 Å². The minimum Gasteiger partial charge on any atom is -0.235 e. The third-order valence-corrected chi connectivity index (χ3v) is 5.62. The van der Waals surface area contributed by atoms with Crippen molar-refractivity contribution >= 4 is 26.0 Å². The highest BCUT2D eigenvalue weighted by molar-refractivity contribution is 9.10. The SMILES string of the molecule is CCC(CC)N(C)S(=O)(=O)c1c(Br)nnn1C. The van der Waals surface area contributed by atoms with Crippen molar-refractivity contribution in [2.24, 2.45) is 7.05 Å². The van der Waals surface area contributed by atoms with E-state index >= 15 is 0 Å². The number of nitrogens with zero attached hydrogens (tertiary/aromatic N) is 4. The standard InChI is InChI=1S/C9H17BrN4O2S/c1-5-7(6-2)14(4)17(15,16)9-8(10)11-12-13(9)3/h7H,5-6H2,1-4H3. The third kappa shape index (κ3) is 2.69. The summed E-state index contributed by atoms with van der Waals surface area (Å²) in [7, 11) is -0.405. The number of rotatable bonds is 5. The fourth-order valence-electron chi connectivity index (χ4n) is 1.73. The third-order valence-electron chi connectivity index (χ3n) is 2.82. The molecule has 0 amide bonds. The van der Waals surface area contributed by atoms with Crippen molar-refractivity contribution in [2.75, 3.05) is 7.05 Å². The lowest BCUT2D eigenvalue weighted by Gasteiger charge is -2.25. The first-order valence-electron chi connectivity index (χ1n) is 5.39. The Kier molecular flexibility index (Phi) is 4.68. The Morgan fingerprint density at radius 1 is 1.41 bits per heavy atom. The van der Waals surface area contributed by atoms with Gasteiger partial charge in [-0.15, -0.1) is 5.10 Å². The summed E-state index contributed by atoms with van der Waals surface area (Å²) >= 11 is 3.11. The van der Waals surface area contributed by atoms with Gasteiger partial charge in [0.15, 0.2) is 4.60 Å². The summed E-state index contributed by atoms with van der Waals surface area (Å²) in [4.78, 5) is 0. The summed E-state index contributed by atoms with van der Waals surface area (Å²) < 4.78 is 27.7. The Morgan fingerprint density at radius 3 is 2.29 bits per heavy atom. The molecule has 0 aliphatic carbocycles. The van der Waals surface area contributed by atoms with Crippen LogP contribution in [0.3, 0.4) is 0 Å². The highest BCUT2D eigenvalue weighted by atomic mass is 79.9. The Bertz CT molecular complexity index is 462. The maximum Gasteiger partial charge on any atom is 0.263 e. The van der Waals surface area contributed by atoms with Gasteiger partial charge in [-0.05, 0) is 28.8 Å². The molecule has 98 valence electrons. The van der Waals surface area contributed by atoms with Gasteiger partial charge in [0.25, 0.3) is 10.0 Å². The average Bonchev–Trinajstić information content (AvgIpc) is 2.60.